The molecule has 0 amide bonds. The molecule has 76 valence electrons. The molecule has 0 fully saturated rings. The number of nitrogens with zero attached hydrogens (tertiary/aromatic N) is 2. The Balaban J connectivity index is 2.71. The molecule has 1 aromatic heterocycles. The fourth-order valence-corrected chi connectivity index (χ4v) is 1.45. The van der Waals surface area contributed by atoms with Crippen molar-refractivity contribution in [2.45, 2.75) is 13.8 Å². The largest absolute Gasteiger partial charge is 0.249 e. The van der Waals surface area contributed by atoms with Gasteiger partial charge in [0, 0.05) is 6.07 Å². The molecule has 0 unspecified atom stereocenters. The number of hydrogen-bond donors (Lipinski definition) is 0. The number of aromatic nitrogens is 2. The highest BCUT2D eigenvalue weighted by Gasteiger charge is 2.03. The van der Waals surface area contributed by atoms with Crippen molar-refractivity contribution in [2.24, 2.45) is 0 Å². The molecule has 0 N–H and O–H groups in total. The van der Waals surface area contributed by atoms with Crippen LogP contribution in [0.1, 0.15) is 18.3 Å². The van der Waals surface area contributed by atoms with Gasteiger partial charge in [0.05, 0.1) is 22.4 Å². The van der Waals surface area contributed by atoms with Crippen molar-refractivity contribution in [3.05, 3.63) is 41.5 Å². The highest BCUT2D eigenvalue weighted by molar-refractivity contribution is 5.75. The van der Waals surface area contributed by atoms with Crippen LogP contribution in [0.2, 0.25) is 0 Å². The van der Waals surface area contributed by atoms with Gasteiger partial charge in [-0.15, -0.1) is 0 Å². The van der Waals surface area contributed by atoms with Crippen molar-refractivity contribution in [3.8, 4) is 0 Å². The first-order valence-electron chi connectivity index (χ1n) is 4.77. The maximum Gasteiger partial charge on any atom is 0.125 e. The Morgan fingerprint density at radius 3 is 2.73 bits per heavy atom. The molecule has 0 aliphatic rings. The average molecular weight is 202 g/mol. The second-order valence-electron chi connectivity index (χ2n) is 3.33. The fraction of sp³-hybridized carbons (Fsp3) is 0.167. The lowest BCUT2D eigenvalue weighted by atomic mass is 10.2. The van der Waals surface area contributed by atoms with Gasteiger partial charge in [-0.1, -0.05) is 6.08 Å². The van der Waals surface area contributed by atoms with Gasteiger partial charge in [-0.3, -0.25) is 0 Å². The summed E-state index contributed by atoms with van der Waals surface area (Å²) in [5, 5.41) is 0. The van der Waals surface area contributed by atoms with Gasteiger partial charge in [0.2, 0.25) is 0 Å². The van der Waals surface area contributed by atoms with E-state index in [1.807, 2.05) is 26.0 Å². The van der Waals surface area contributed by atoms with Gasteiger partial charge < -0.3 is 0 Å². The SMILES string of the molecule is C/C=C/c1nc2cc(F)ccc2nc1C. The van der Waals surface area contributed by atoms with Crippen molar-refractivity contribution in [1.82, 2.24) is 9.97 Å². The summed E-state index contributed by atoms with van der Waals surface area (Å²) in [5.41, 5.74) is 2.96. The molecule has 2 rings (SSSR count). The molecule has 2 aromatic rings. The smallest absolute Gasteiger partial charge is 0.125 e. The highest BCUT2D eigenvalue weighted by atomic mass is 19.1. The quantitative estimate of drug-likeness (QED) is 0.710. The van der Waals surface area contributed by atoms with E-state index >= 15 is 0 Å². The average Bonchev–Trinajstić information content (AvgIpc) is 2.20. The van der Waals surface area contributed by atoms with Crippen molar-refractivity contribution >= 4 is 17.1 Å². The third-order valence-electron chi connectivity index (χ3n) is 2.16. The van der Waals surface area contributed by atoms with E-state index in [1.54, 1.807) is 6.07 Å². The zero-order valence-electron chi connectivity index (χ0n) is 8.66. The lowest BCUT2D eigenvalue weighted by Gasteiger charge is -2.02. The third kappa shape index (κ3) is 1.86. The lowest BCUT2D eigenvalue weighted by Crippen LogP contribution is -1.93. The number of allylic oxidation sites excluding steroid dienone is 1. The first-order chi connectivity index (χ1) is 7.20. The Hall–Kier alpha value is -1.77. The molecule has 0 radical (unpaired) electrons. The Labute approximate surface area is 87.5 Å². The van der Waals surface area contributed by atoms with Crippen LogP contribution in [0, 0.1) is 12.7 Å². The van der Waals surface area contributed by atoms with Crippen LogP contribution in [-0.2, 0) is 0 Å². The molecule has 3 heteroatoms. The van der Waals surface area contributed by atoms with Crippen LogP contribution in [0.5, 0.6) is 0 Å². The van der Waals surface area contributed by atoms with Gasteiger partial charge in [-0.05, 0) is 32.1 Å². The summed E-state index contributed by atoms with van der Waals surface area (Å²) in [5.74, 6) is -0.285. The Morgan fingerprint density at radius 2 is 2.00 bits per heavy atom. The standard InChI is InChI=1S/C12H11FN2/c1-3-4-10-8(2)14-11-6-5-9(13)7-12(11)15-10/h3-7H,1-2H3/b4-3+. The summed E-state index contributed by atoms with van der Waals surface area (Å²) in [7, 11) is 0. The second-order valence-corrected chi connectivity index (χ2v) is 3.33. The Bertz CT molecular complexity index is 532. The monoisotopic (exact) mass is 202 g/mol. The Kier molecular flexibility index (Phi) is 2.46. The van der Waals surface area contributed by atoms with E-state index < -0.39 is 0 Å². The van der Waals surface area contributed by atoms with Crippen molar-refractivity contribution < 1.29 is 4.39 Å². The number of benzene rings is 1. The number of halogens is 1. The van der Waals surface area contributed by atoms with E-state index in [0.717, 1.165) is 16.9 Å². The van der Waals surface area contributed by atoms with Crippen molar-refractivity contribution in [3.63, 3.8) is 0 Å². The van der Waals surface area contributed by atoms with E-state index in [0.29, 0.717) is 5.52 Å². The summed E-state index contributed by atoms with van der Waals surface area (Å²) < 4.78 is 13.0. The van der Waals surface area contributed by atoms with Crippen molar-refractivity contribution in [2.75, 3.05) is 0 Å². The molecule has 1 aromatic carbocycles. The minimum Gasteiger partial charge on any atom is -0.249 e. The summed E-state index contributed by atoms with van der Waals surface area (Å²) in [4.78, 5) is 8.69. The molecular weight excluding hydrogens is 191 g/mol. The number of fused-ring (bicyclic) bond motifs is 1. The molecule has 1 heterocycles. The zero-order chi connectivity index (χ0) is 10.8. The molecule has 15 heavy (non-hydrogen) atoms. The first kappa shape index (κ1) is 9.77. The summed E-state index contributed by atoms with van der Waals surface area (Å²) in [6, 6.07) is 4.44. The first-order valence-corrected chi connectivity index (χ1v) is 4.77. The van der Waals surface area contributed by atoms with E-state index in [9.17, 15) is 4.39 Å². The zero-order valence-corrected chi connectivity index (χ0v) is 8.66. The second kappa shape index (κ2) is 3.77. The van der Waals surface area contributed by atoms with Gasteiger partial charge in [0.1, 0.15) is 5.82 Å². The van der Waals surface area contributed by atoms with Crippen LogP contribution in [0.4, 0.5) is 4.39 Å². The number of rotatable bonds is 1. The van der Waals surface area contributed by atoms with Crippen LogP contribution in [0.3, 0.4) is 0 Å². The maximum absolute atomic E-state index is 13.0. The predicted octanol–water partition coefficient (Wildman–Crippen LogP) is 3.11. The summed E-state index contributed by atoms with van der Waals surface area (Å²) in [6.45, 7) is 3.81. The molecule has 0 atom stereocenters. The fourth-order valence-electron chi connectivity index (χ4n) is 1.45. The van der Waals surface area contributed by atoms with Gasteiger partial charge >= 0.3 is 0 Å². The Morgan fingerprint density at radius 1 is 1.20 bits per heavy atom. The maximum atomic E-state index is 13.0. The minimum absolute atomic E-state index is 0.285. The third-order valence-corrected chi connectivity index (χ3v) is 2.16. The van der Waals surface area contributed by atoms with E-state index in [2.05, 4.69) is 9.97 Å². The molecule has 2 nitrogen and oxygen atoms in total. The van der Waals surface area contributed by atoms with Crippen LogP contribution in [-0.4, -0.2) is 9.97 Å². The topological polar surface area (TPSA) is 25.8 Å². The highest BCUT2D eigenvalue weighted by Crippen LogP contribution is 2.14. The normalized spacial score (nSPS) is 11.4. The molecule has 0 spiro atoms. The van der Waals surface area contributed by atoms with Crippen LogP contribution >= 0.6 is 0 Å². The summed E-state index contributed by atoms with van der Waals surface area (Å²) >= 11 is 0. The van der Waals surface area contributed by atoms with Gasteiger partial charge in [-0.2, -0.15) is 0 Å². The molecule has 0 aliphatic heterocycles. The molecule has 0 saturated carbocycles. The molecular formula is C12H11FN2. The molecule has 0 bridgehead atoms. The van der Waals surface area contributed by atoms with E-state index in [-0.39, 0.29) is 5.82 Å². The summed E-state index contributed by atoms with van der Waals surface area (Å²) in [6.07, 6.45) is 3.76. The van der Waals surface area contributed by atoms with Gasteiger partial charge in [-0.25, -0.2) is 14.4 Å². The van der Waals surface area contributed by atoms with Crippen LogP contribution in [0.25, 0.3) is 17.1 Å². The minimum atomic E-state index is -0.285. The van der Waals surface area contributed by atoms with E-state index in [1.165, 1.54) is 12.1 Å². The van der Waals surface area contributed by atoms with Gasteiger partial charge in [0.25, 0.3) is 0 Å². The molecule has 0 saturated heterocycles. The van der Waals surface area contributed by atoms with E-state index in [4.69, 9.17) is 0 Å². The van der Waals surface area contributed by atoms with Gasteiger partial charge in [0.15, 0.2) is 0 Å². The van der Waals surface area contributed by atoms with Crippen molar-refractivity contribution in [1.29, 1.82) is 0 Å². The number of aryl methyl sites for hydroxylation is 1. The predicted molar refractivity (Wildman–Crippen MR) is 58.9 cm³/mol. The van der Waals surface area contributed by atoms with Crippen LogP contribution < -0.4 is 0 Å². The molecule has 0 aliphatic carbocycles. The lowest BCUT2D eigenvalue weighted by molar-refractivity contribution is 0.629. The number of hydrogen-bond acceptors (Lipinski definition) is 2. The van der Waals surface area contributed by atoms with Crippen LogP contribution in [0.15, 0.2) is 24.3 Å².